The Morgan fingerprint density at radius 2 is 1.43 bits per heavy atom. The molecule has 2 rings (SSSR count). The number of hydrogen-bond acceptors (Lipinski definition) is 1. The molecule has 1 amide bonds. The predicted octanol–water partition coefficient (Wildman–Crippen LogP) is 5.25. The molecule has 0 heterocycles. The molecule has 0 saturated carbocycles. The summed E-state index contributed by atoms with van der Waals surface area (Å²) in [6.45, 7) is 9.14. The second-order valence-corrected chi connectivity index (χ2v) is 7.44. The summed E-state index contributed by atoms with van der Waals surface area (Å²) < 4.78 is 0. The van der Waals surface area contributed by atoms with Gasteiger partial charge in [-0.2, -0.15) is 0 Å². The quantitative estimate of drug-likeness (QED) is 0.820. The molecule has 2 aromatic carbocycles. The minimum atomic E-state index is -0.0529. The lowest BCUT2D eigenvalue weighted by Gasteiger charge is -2.23. The van der Waals surface area contributed by atoms with E-state index in [1.165, 1.54) is 17.5 Å². The van der Waals surface area contributed by atoms with Crippen LogP contribution in [0.3, 0.4) is 0 Å². The van der Waals surface area contributed by atoms with Crippen molar-refractivity contribution in [3.8, 4) is 11.1 Å². The van der Waals surface area contributed by atoms with E-state index >= 15 is 0 Å². The lowest BCUT2D eigenvalue weighted by atomic mass is 9.82. The van der Waals surface area contributed by atoms with Crippen LogP contribution in [0.5, 0.6) is 0 Å². The fraction of sp³-hybridized carbons (Fsp3) is 0.381. The Labute approximate surface area is 139 Å². The van der Waals surface area contributed by atoms with Gasteiger partial charge in [-0.25, -0.2) is 0 Å². The molecule has 0 aliphatic carbocycles. The number of carbonyl (C=O) groups excluding carboxylic acids is 1. The van der Waals surface area contributed by atoms with E-state index in [0.717, 1.165) is 5.56 Å². The van der Waals surface area contributed by atoms with E-state index in [1.54, 1.807) is 7.05 Å². The maximum Gasteiger partial charge on any atom is 0.251 e. The van der Waals surface area contributed by atoms with Crippen molar-refractivity contribution in [2.75, 3.05) is 7.05 Å². The first-order valence-corrected chi connectivity index (χ1v) is 8.22. The first kappa shape index (κ1) is 17.3. The highest BCUT2D eigenvalue weighted by atomic mass is 16.1. The van der Waals surface area contributed by atoms with Crippen LogP contribution in [0.4, 0.5) is 0 Å². The van der Waals surface area contributed by atoms with Gasteiger partial charge in [-0.15, -0.1) is 0 Å². The zero-order valence-corrected chi connectivity index (χ0v) is 14.8. The van der Waals surface area contributed by atoms with Crippen LogP contribution >= 0.6 is 0 Å². The molecule has 0 radical (unpaired) electrons. The van der Waals surface area contributed by atoms with Gasteiger partial charge in [0, 0.05) is 12.6 Å². The Morgan fingerprint density at radius 1 is 0.957 bits per heavy atom. The van der Waals surface area contributed by atoms with Gasteiger partial charge in [-0.3, -0.25) is 4.79 Å². The summed E-state index contributed by atoms with van der Waals surface area (Å²) in [5, 5.41) is 2.64. The molecule has 2 heteroatoms. The van der Waals surface area contributed by atoms with E-state index in [0.29, 0.717) is 16.9 Å². The predicted molar refractivity (Wildman–Crippen MR) is 97.8 cm³/mol. The van der Waals surface area contributed by atoms with Crippen molar-refractivity contribution in [2.45, 2.75) is 40.0 Å². The smallest absolute Gasteiger partial charge is 0.251 e. The Kier molecular flexibility index (Phi) is 5.25. The van der Waals surface area contributed by atoms with Crippen LogP contribution in [0.1, 0.15) is 56.0 Å². The summed E-state index contributed by atoms with van der Waals surface area (Å²) in [6, 6.07) is 16.5. The summed E-state index contributed by atoms with van der Waals surface area (Å²) in [5.41, 5.74) is 4.72. The molecule has 0 aliphatic rings. The summed E-state index contributed by atoms with van der Waals surface area (Å²) in [7, 11) is 1.65. The molecule has 2 nitrogen and oxygen atoms in total. The van der Waals surface area contributed by atoms with Gasteiger partial charge in [0.15, 0.2) is 0 Å². The van der Waals surface area contributed by atoms with Crippen molar-refractivity contribution >= 4 is 5.91 Å². The van der Waals surface area contributed by atoms with E-state index < -0.39 is 0 Å². The van der Waals surface area contributed by atoms with Crippen LogP contribution in [0.2, 0.25) is 0 Å². The van der Waals surface area contributed by atoms with Crippen molar-refractivity contribution in [1.29, 1.82) is 0 Å². The number of rotatable bonds is 4. The van der Waals surface area contributed by atoms with Gasteiger partial charge in [0.2, 0.25) is 0 Å². The van der Waals surface area contributed by atoms with Gasteiger partial charge in [0.25, 0.3) is 5.91 Å². The molecule has 23 heavy (non-hydrogen) atoms. The van der Waals surface area contributed by atoms with E-state index in [-0.39, 0.29) is 5.91 Å². The molecular formula is C21H27NO. The zero-order valence-electron chi connectivity index (χ0n) is 14.8. The maximum absolute atomic E-state index is 11.6. The highest BCUT2D eigenvalue weighted by Gasteiger charge is 2.16. The van der Waals surface area contributed by atoms with Crippen molar-refractivity contribution in [3.05, 3.63) is 59.7 Å². The summed E-state index contributed by atoms with van der Waals surface area (Å²) in [5.74, 6) is 0.502. The largest absolute Gasteiger partial charge is 0.355 e. The Balaban J connectivity index is 2.14. The van der Waals surface area contributed by atoms with E-state index in [4.69, 9.17) is 0 Å². The number of benzene rings is 2. The van der Waals surface area contributed by atoms with Gasteiger partial charge in [-0.05, 0) is 46.6 Å². The van der Waals surface area contributed by atoms with Crippen LogP contribution in [-0.2, 0) is 0 Å². The average molecular weight is 309 g/mol. The van der Waals surface area contributed by atoms with Crippen LogP contribution in [0.15, 0.2) is 48.5 Å². The van der Waals surface area contributed by atoms with Crippen molar-refractivity contribution < 1.29 is 4.79 Å². The zero-order chi connectivity index (χ0) is 17.0. The van der Waals surface area contributed by atoms with Crippen LogP contribution in [0.25, 0.3) is 11.1 Å². The monoisotopic (exact) mass is 309 g/mol. The molecule has 1 unspecified atom stereocenters. The van der Waals surface area contributed by atoms with Crippen molar-refractivity contribution in [2.24, 2.45) is 5.41 Å². The molecule has 0 fully saturated rings. The third kappa shape index (κ3) is 4.69. The molecular weight excluding hydrogens is 282 g/mol. The first-order valence-electron chi connectivity index (χ1n) is 8.22. The fourth-order valence-corrected chi connectivity index (χ4v) is 3.00. The molecule has 0 bridgehead atoms. The number of hydrogen-bond donors (Lipinski definition) is 1. The van der Waals surface area contributed by atoms with Gasteiger partial charge in [0.1, 0.15) is 0 Å². The minimum absolute atomic E-state index is 0.0529. The molecule has 0 saturated heterocycles. The number of amides is 1. The average Bonchev–Trinajstić information content (AvgIpc) is 2.53. The molecule has 2 aromatic rings. The lowest BCUT2D eigenvalue weighted by molar-refractivity contribution is 0.0963. The molecule has 0 aliphatic heterocycles. The number of nitrogens with one attached hydrogen (secondary N) is 1. The topological polar surface area (TPSA) is 29.1 Å². The summed E-state index contributed by atoms with van der Waals surface area (Å²) in [4.78, 5) is 11.6. The van der Waals surface area contributed by atoms with Gasteiger partial charge >= 0.3 is 0 Å². The highest BCUT2D eigenvalue weighted by Crippen LogP contribution is 2.31. The van der Waals surface area contributed by atoms with E-state index in [9.17, 15) is 4.79 Å². The van der Waals surface area contributed by atoms with Gasteiger partial charge in [-0.1, -0.05) is 64.1 Å². The highest BCUT2D eigenvalue weighted by molar-refractivity contribution is 5.94. The third-order valence-electron chi connectivity index (χ3n) is 4.11. The third-order valence-corrected chi connectivity index (χ3v) is 4.11. The molecule has 122 valence electrons. The Hall–Kier alpha value is -2.09. The molecule has 1 N–H and O–H groups in total. The first-order chi connectivity index (χ1) is 10.8. The summed E-state index contributed by atoms with van der Waals surface area (Å²) in [6.07, 6.45) is 1.17. The summed E-state index contributed by atoms with van der Waals surface area (Å²) >= 11 is 0. The van der Waals surface area contributed by atoms with Crippen LogP contribution in [-0.4, -0.2) is 13.0 Å². The Bertz CT molecular complexity index is 648. The molecule has 1 atom stereocenters. The van der Waals surface area contributed by atoms with Crippen LogP contribution < -0.4 is 5.32 Å². The van der Waals surface area contributed by atoms with E-state index in [1.807, 2.05) is 24.3 Å². The SMILES string of the molecule is CNC(=O)c1ccc(-c2ccc(C(C)CC(C)(C)C)cc2)cc1. The van der Waals surface area contributed by atoms with Crippen LogP contribution in [0, 0.1) is 5.41 Å². The standard InChI is InChI=1S/C21H27NO/c1-15(14-21(2,3)4)16-6-8-17(9-7-16)18-10-12-19(13-11-18)20(23)22-5/h6-13,15H,14H2,1-5H3,(H,22,23). The van der Waals surface area contributed by atoms with Crippen molar-refractivity contribution in [1.82, 2.24) is 5.32 Å². The molecule has 0 aromatic heterocycles. The normalized spacial score (nSPS) is 12.7. The van der Waals surface area contributed by atoms with Crippen molar-refractivity contribution in [3.63, 3.8) is 0 Å². The lowest BCUT2D eigenvalue weighted by Crippen LogP contribution is -2.17. The Morgan fingerprint density at radius 3 is 1.87 bits per heavy atom. The van der Waals surface area contributed by atoms with E-state index in [2.05, 4.69) is 57.3 Å². The molecule has 0 spiro atoms. The fourth-order valence-electron chi connectivity index (χ4n) is 3.00. The maximum atomic E-state index is 11.6. The second-order valence-electron chi connectivity index (χ2n) is 7.44. The number of carbonyl (C=O) groups is 1. The van der Waals surface area contributed by atoms with Gasteiger partial charge in [0.05, 0.1) is 0 Å². The minimum Gasteiger partial charge on any atom is -0.355 e. The van der Waals surface area contributed by atoms with Gasteiger partial charge < -0.3 is 5.32 Å². The second kappa shape index (κ2) is 6.99.